The molecule has 0 amide bonds. The van der Waals surface area contributed by atoms with Crippen LogP contribution in [0.25, 0.3) is 0 Å². The highest BCUT2D eigenvalue weighted by Gasteiger charge is 2.14. The van der Waals surface area contributed by atoms with Gasteiger partial charge in [0, 0.05) is 27.7 Å². The van der Waals surface area contributed by atoms with Gasteiger partial charge in [0.2, 0.25) is 0 Å². The molecule has 3 heteroatoms. The van der Waals surface area contributed by atoms with E-state index in [9.17, 15) is 0 Å². The second-order valence-corrected chi connectivity index (χ2v) is 6.45. The fourth-order valence-electron chi connectivity index (χ4n) is 2.07. The summed E-state index contributed by atoms with van der Waals surface area (Å²) < 4.78 is 1.15. The monoisotopic (exact) mass is 299 g/mol. The van der Waals surface area contributed by atoms with Crippen LogP contribution in [0.3, 0.4) is 0 Å². The average molecular weight is 300 g/mol. The Morgan fingerprint density at radius 2 is 2.00 bits per heavy atom. The van der Waals surface area contributed by atoms with Crippen LogP contribution >= 0.6 is 27.7 Å². The summed E-state index contributed by atoms with van der Waals surface area (Å²) in [7, 11) is 0. The Morgan fingerprint density at radius 1 is 1.25 bits per heavy atom. The van der Waals surface area contributed by atoms with Crippen molar-refractivity contribution in [2.75, 3.05) is 17.6 Å². The molecule has 1 aliphatic rings. The third-order valence-corrected chi connectivity index (χ3v) is 5.02. The number of benzene rings is 1. The van der Waals surface area contributed by atoms with Gasteiger partial charge >= 0.3 is 0 Å². The van der Waals surface area contributed by atoms with Crippen LogP contribution in [0.1, 0.15) is 25.7 Å². The Morgan fingerprint density at radius 3 is 2.75 bits per heavy atom. The molecule has 1 N–H and O–H groups in total. The highest BCUT2D eigenvalue weighted by Crippen LogP contribution is 2.29. The van der Waals surface area contributed by atoms with E-state index in [1.807, 2.05) is 6.07 Å². The molecule has 1 saturated carbocycles. The van der Waals surface area contributed by atoms with Crippen LogP contribution in [-0.2, 0) is 0 Å². The number of para-hydroxylation sites is 1. The maximum absolute atomic E-state index is 3.55. The fourth-order valence-corrected chi connectivity index (χ4v) is 3.72. The lowest BCUT2D eigenvalue weighted by molar-refractivity contribution is 0.886. The van der Waals surface area contributed by atoms with E-state index in [0.29, 0.717) is 0 Å². The highest BCUT2D eigenvalue weighted by atomic mass is 79.9. The van der Waals surface area contributed by atoms with Gasteiger partial charge in [-0.15, -0.1) is 0 Å². The zero-order valence-corrected chi connectivity index (χ0v) is 11.8. The molecule has 0 saturated heterocycles. The predicted molar refractivity (Wildman–Crippen MR) is 77.3 cm³/mol. The lowest BCUT2D eigenvalue weighted by Crippen LogP contribution is -2.07. The van der Waals surface area contributed by atoms with Crippen molar-refractivity contribution in [1.29, 1.82) is 0 Å². The maximum Gasteiger partial charge on any atom is 0.0484 e. The standard InChI is InChI=1S/C13H18BrNS/c14-12-7-3-4-8-13(12)15-9-10-16-11-5-1-2-6-11/h3-4,7-8,11,15H,1-2,5-6,9-10H2. The number of anilines is 1. The van der Waals surface area contributed by atoms with E-state index >= 15 is 0 Å². The van der Waals surface area contributed by atoms with Gasteiger partial charge in [0.25, 0.3) is 0 Å². The van der Waals surface area contributed by atoms with E-state index in [0.717, 1.165) is 16.3 Å². The van der Waals surface area contributed by atoms with Gasteiger partial charge in [0.05, 0.1) is 0 Å². The van der Waals surface area contributed by atoms with E-state index < -0.39 is 0 Å². The van der Waals surface area contributed by atoms with Gasteiger partial charge in [0.15, 0.2) is 0 Å². The van der Waals surface area contributed by atoms with Crippen LogP contribution in [0.15, 0.2) is 28.7 Å². The molecule has 0 unspecified atom stereocenters. The third-order valence-electron chi connectivity index (χ3n) is 2.95. The molecule has 0 aromatic heterocycles. The Bertz CT molecular complexity index is 323. The van der Waals surface area contributed by atoms with Gasteiger partial charge in [-0.3, -0.25) is 0 Å². The lowest BCUT2D eigenvalue weighted by atomic mass is 10.3. The topological polar surface area (TPSA) is 12.0 Å². The number of halogens is 1. The largest absolute Gasteiger partial charge is 0.383 e. The molecule has 0 spiro atoms. The number of thioether (sulfide) groups is 1. The van der Waals surface area contributed by atoms with Gasteiger partial charge < -0.3 is 5.32 Å². The molecule has 0 aliphatic heterocycles. The molecule has 1 aliphatic carbocycles. The van der Waals surface area contributed by atoms with Gasteiger partial charge in [0.1, 0.15) is 0 Å². The molecule has 88 valence electrons. The fraction of sp³-hybridized carbons (Fsp3) is 0.538. The SMILES string of the molecule is Brc1ccccc1NCCSC1CCCC1. The summed E-state index contributed by atoms with van der Waals surface area (Å²) in [5.74, 6) is 1.21. The molecule has 0 heterocycles. The number of nitrogens with one attached hydrogen (secondary N) is 1. The second-order valence-electron chi connectivity index (χ2n) is 4.18. The third kappa shape index (κ3) is 3.70. The Hall–Kier alpha value is -0.150. The molecule has 0 bridgehead atoms. The molecule has 1 nitrogen and oxygen atoms in total. The Balaban J connectivity index is 1.66. The summed E-state index contributed by atoms with van der Waals surface area (Å²) in [6, 6.07) is 8.30. The van der Waals surface area contributed by atoms with Crippen LogP contribution in [0.2, 0.25) is 0 Å². The van der Waals surface area contributed by atoms with Crippen LogP contribution in [0, 0.1) is 0 Å². The first-order valence-corrected chi connectivity index (χ1v) is 7.80. The van der Waals surface area contributed by atoms with Crippen molar-refractivity contribution in [2.45, 2.75) is 30.9 Å². The van der Waals surface area contributed by atoms with Gasteiger partial charge in [-0.25, -0.2) is 0 Å². The van der Waals surface area contributed by atoms with Gasteiger partial charge in [-0.2, -0.15) is 11.8 Å². The van der Waals surface area contributed by atoms with Crippen LogP contribution in [0.5, 0.6) is 0 Å². The number of rotatable bonds is 5. The minimum Gasteiger partial charge on any atom is -0.383 e. The van der Waals surface area contributed by atoms with E-state index in [4.69, 9.17) is 0 Å². The van der Waals surface area contributed by atoms with Crippen LogP contribution < -0.4 is 5.32 Å². The molecule has 1 aromatic carbocycles. The average Bonchev–Trinajstić information content (AvgIpc) is 2.79. The minimum atomic E-state index is 0.931. The van der Waals surface area contributed by atoms with Crippen molar-refractivity contribution >= 4 is 33.4 Å². The highest BCUT2D eigenvalue weighted by molar-refractivity contribution is 9.10. The molecule has 0 atom stereocenters. The summed E-state index contributed by atoms with van der Waals surface area (Å²) in [4.78, 5) is 0. The van der Waals surface area contributed by atoms with E-state index in [2.05, 4.69) is 51.2 Å². The summed E-state index contributed by atoms with van der Waals surface area (Å²) in [6.45, 7) is 1.06. The van der Waals surface area contributed by atoms with E-state index in [-0.39, 0.29) is 0 Å². The minimum absolute atomic E-state index is 0.931. The Kier molecular flexibility index (Phi) is 5.04. The van der Waals surface area contributed by atoms with Crippen molar-refractivity contribution in [2.24, 2.45) is 0 Å². The molecule has 2 rings (SSSR count). The normalized spacial score (nSPS) is 16.6. The zero-order valence-electron chi connectivity index (χ0n) is 9.42. The summed E-state index contributed by atoms with van der Waals surface area (Å²) in [6.07, 6.45) is 5.74. The van der Waals surface area contributed by atoms with Crippen LogP contribution in [-0.4, -0.2) is 17.5 Å². The summed E-state index contributed by atoms with van der Waals surface area (Å²) in [5.41, 5.74) is 1.20. The molecule has 16 heavy (non-hydrogen) atoms. The van der Waals surface area contributed by atoms with Crippen molar-refractivity contribution in [3.05, 3.63) is 28.7 Å². The predicted octanol–water partition coefficient (Wildman–Crippen LogP) is 4.54. The number of hydrogen-bond donors (Lipinski definition) is 1. The molecule has 1 fully saturated rings. The maximum atomic E-state index is 3.55. The first-order chi connectivity index (χ1) is 7.86. The first-order valence-electron chi connectivity index (χ1n) is 5.96. The molecule has 0 radical (unpaired) electrons. The summed E-state index contributed by atoms with van der Waals surface area (Å²) in [5, 5.41) is 4.40. The molecular weight excluding hydrogens is 282 g/mol. The second kappa shape index (κ2) is 6.55. The van der Waals surface area contributed by atoms with Crippen molar-refractivity contribution in [1.82, 2.24) is 0 Å². The quantitative estimate of drug-likeness (QED) is 0.801. The lowest BCUT2D eigenvalue weighted by Gasteiger charge is -2.11. The van der Waals surface area contributed by atoms with E-state index in [1.165, 1.54) is 37.1 Å². The molecule has 1 aromatic rings. The van der Waals surface area contributed by atoms with Crippen molar-refractivity contribution < 1.29 is 0 Å². The number of hydrogen-bond acceptors (Lipinski definition) is 2. The van der Waals surface area contributed by atoms with Crippen molar-refractivity contribution in [3.8, 4) is 0 Å². The van der Waals surface area contributed by atoms with E-state index in [1.54, 1.807) is 0 Å². The zero-order chi connectivity index (χ0) is 11.2. The smallest absolute Gasteiger partial charge is 0.0484 e. The first kappa shape index (κ1) is 12.3. The van der Waals surface area contributed by atoms with Gasteiger partial charge in [-0.1, -0.05) is 25.0 Å². The van der Waals surface area contributed by atoms with Crippen molar-refractivity contribution in [3.63, 3.8) is 0 Å². The van der Waals surface area contributed by atoms with Crippen LogP contribution in [0.4, 0.5) is 5.69 Å². The van der Waals surface area contributed by atoms with Gasteiger partial charge in [-0.05, 0) is 40.9 Å². The summed E-state index contributed by atoms with van der Waals surface area (Å²) >= 11 is 5.68. The molecular formula is C13H18BrNS. The Labute approximate surface area is 111 Å².